The molecule has 5 aromatic rings. The molecule has 4 aromatic carbocycles. The molecular formula is C48H49ClF2N4O11. The van der Waals surface area contributed by atoms with Crippen LogP contribution in [0.5, 0.6) is 11.5 Å². The highest BCUT2D eigenvalue weighted by Gasteiger charge is 2.27. The number of aliphatic carboxylic acids is 1. The van der Waals surface area contributed by atoms with E-state index in [1.807, 2.05) is 0 Å². The summed E-state index contributed by atoms with van der Waals surface area (Å²) in [6.07, 6.45) is 0.0436. The molecule has 0 radical (unpaired) electrons. The molecule has 0 saturated carbocycles. The predicted molar refractivity (Wildman–Crippen MR) is 240 cm³/mol. The highest BCUT2D eigenvalue weighted by atomic mass is 35.5. The van der Waals surface area contributed by atoms with Crippen molar-refractivity contribution in [2.45, 2.75) is 71.4 Å². The van der Waals surface area contributed by atoms with Crippen LogP contribution in [0.4, 0.5) is 8.78 Å². The van der Waals surface area contributed by atoms with Gasteiger partial charge in [-0.2, -0.15) is 0 Å². The number of nitrogens with zero attached hydrogens (tertiary/aromatic N) is 1. The number of aromatic nitrogens is 1. The van der Waals surface area contributed by atoms with Gasteiger partial charge in [-0.25, -0.2) is 18.4 Å². The van der Waals surface area contributed by atoms with Crippen LogP contribution in [-0.4, -0.2) is 88.5 Å². The lowest BCUT2D eigenvalue weighted by Crippen LogP contribution is -2.45. The first-order valence-corrected chi connectivity index (χ1v) is 21.3. The van der Waals surface area contributed by atoms with Crippen molar-refractivity contribution < 1.29 is 62.0 Å². The first kappa shape index (κ1) is 49.9. The minimum atomic E-state index is -1.46. The molecule has 0 aliphatic rings. The number of rotatable bonds is 22. The standard InChI is InChI=1S/C48H49ClF2N4O11/c1-26(2)45(59)38(7-5-6-20-52-44(58)25-66-41-18-10-29(21-36(41)47(61)62)33-15-13-31(50)22-37(33)51)53-42(56)19-16-39(48(63)64)54-43(57)24-34-27(3)55(40-17-14-32(65-4)23-35(34)40)46(60)28-8-11-30(49)12-9-28/h8-15,17-18,21-23,26,38-39H,5-7,16,19-20,24-25H2,1-4H3,(H,52,58)(H,53,56)(H,54,57)(H,61,62)(H,63,64). The van der Waals surface area contributed by atoms with E-state index in [0.29, 0.717) is 57.4 Å². The van der Waals surface area contributed by atoms with Crippen molar-refractivity contribution in [1.82, 2.24) is 20.5 Å². The van der Waals surface area contributed by atoms with Gasteiger partial charge in [-0.3, -0.25) is 28.5 Å². The van der Waals surface area contributed by atoms with E-state index in [0.717, 1.165) is 12.1 Å². The summed E-state index contributed by atoms with van der Waals surface area (Å²) in [6.45, 7) is 4.63. The average molecular weight is 931 g/mol. The normalized spacial score (nSPS) is 12.0. The summed E-state index contributed by atoms with van der Waals surface area (Å²) in [5, 5.41) is 28.5. The van der Waals surface area contributed by atoms with Gasteiger partial charge in [0.15, 0.2) is 12.4 Å². The molecule has 2 unspecified atom stereocenters. The maximum Gasteiger partial charge on any atom is 0.339 e. The molecule has 5 rings (SSSR count). The van der Waals surface area contributed by atoms with Gasteiger partial charge in [-0.05, 0) is 110 Å². The monoisotopic (exact) mass is 930 g/mol. The van der Waals surface area contributed by atoms with Gasteiger partial charge in [0.1, 0.15) is 34.7 Å². The number of aromatic carboxylic acids is 1. The SMILES string of the molecule is COc1ccc2c(c1)c(CC(=O)NC(CCC(=O)NC(CCCCNC(=O)COc1ccc(-c3ccc(F)cc3F)cc1C(=O)O)C(=O)C(C)C)C(=O)O)c(C)n2C(=O)c1ccc(Cl)cc1. The summed E-state index contributed by atoms with van der Waals surface area (Å²) in [7, 11) is 1.48. The lowest BCUT2D eigenvalue weighted by Gasteiger charge is -2.20. The molecule has 0 spiro atoms. The Morgan fingerprint density at radius 2 is 1.52 bits per heavy atom. The molecule has 1 heterocycles. The number of amides is 3. The second-order valence-electron chi connectivity index (χ2n) is 15.7. The number of benzene rings is 4. The number of hydrogen-bond donors (Lipinski definition) is 5. The molecule has 3 amide bonds. The van der Waals surface area contributed by atoms with E-state index < -0.39 is 65.9 Å². The Hall–Kier alpha value is -7.14. The zero-order valence-electron chi connectivity index (χ0n) is 36.5. The van der Waals surface area contributed by atoms with Crippen LogP contribution in [0.1, 0.15) is 77.9 Å². The van der Waals surface area contributed by atoms with E-state index in [4.69, 9.17) is 21.1 Å². The summed E-state index contributed by atoms with van der Waals surface area (Å²) in [6, 6.07) is 15.7. The number of hydrogen-bond acceptors (Lipinski definition) is 9. The van der Waals surface area contributed by atoms with E-state index in [2.05, 4.69) is 16.0 Å². The molecule has 0 aliphatic heterocycles. The van der Waals surface area contributed by atoms with Crippen LogP contribution in [0.2, 0.25) is 5.02 Å². The van der Waals surface area contributed by atoms with Crippen LogP contribution in [-0.2, 0) is 30.4 Å². The number of carbonyl (C=O) groups is 7. The van der Waals surface area contributed by atoms with E-state index >= 15 is 0 Å². The summed E-state index contributed by atoms with van der Waals surface area (Å²) < 4.78 is 40.0. The molecule has 18 heteroatoms. The topological polar surface area (TPSA) is 219 Å². The van der Waals surface area contributed by atoms with E-state index in [1.165, 1.54) is 29.9 Å². The van der Waals surface area contributed by atoms with Crippen LogP contribution in [0.3, 0.4) is 0 Å². The third-order valence-electron chi connectivity index (χ3n) is 10.8. The van der Waals surface area contributed by atoms with Gasteiger partial charge in [0.2, 0.25) is 11.8 Å². The van der Waals surface area contributed by atoms with Crippen molar-refractivity contribution in [1.29, 1.82) is 0 Å². The van der Waals surface area contributed by atoms with Crippen molar-refractivity contribution in [2.75, 3.05) is 20.3 Å². The predicted octanol–water partition coefficient (Wildman–Crippen LogP) is 6.91. The van der Waals surface area contributed by atoms with E-state index in [1.54, 1.807) is 63.2 Å². The molecule has 66 heavy (non-hydrogen) atoms. The Kier molecular flexibility index (Phi) is 17.1. The summed E-state index contributed by atoms with van der Waals surface area (Å²) in [4.78, 5) is 90.1. The van der Waals surface area contributed by atoms with Crippen molar-refractivity contribution in [3.63, 3.8) is 0 Å². The van der Waals surface area contributed by atoms with Gasteiger partial charge in [0.05, 0.1) is 25.1 Å². The fourth-order valence-electron chi connectivity index (χ4n) is 7.30. The molecule has 0 bridgehead atoms. The maximum absolute atomic E-state index is 14.3. The van der Waals surface area contributed by atoms with Crippen LogP contribution in [0, 0.1) is 24.5 Å². The largest absolute Gasteiger partial charge is 0.497 e. The van der Waals surface area contributed by atoms with Gasteiger partial charge in [0, 0.05) is 52.2 Å². The molecule has 2 atom stereocenters. The minimum Gasteiger partial charge on any atom is -0.497 e. The molecule has 5 N–H and O–H groups in total. The van der Waals surface area contributed by atoms with E-state index in [9.17, 15) is 52.6 Å². The highest BCUT2D eigenvalue weighted by Crippen LogP contribution is 2.32. The second-order valence-corrected chi connectivity index (χ2v) is 16.2. The van der Waals surface area contributed by atoms with Crippen molar-refractivity contribution in [3.8, 4) is 22.6 Å². The van der Waals surface area contributed by atoms with Crippen LogP contribution in [0.25, 0.3) is 22.0 Å². The number of ether oxygens (including phenoxy) is 2. The van der Waals surface area contributed by atoms with Gasteiger partial charge < -0.3 is 35.6 Å². The number of carbonyl (C=O) groups excluding carboxylic acids is 5. The van der Waals surface area contributed by atoms with Crippen LogP contribution < -0.4 is 25.4 Å². The summed E-state index contributed by atoms with van der Waals surface area (Å²) in [5.41, 5.74) is 1.58. The van der Waals surface area contributed by atoms with Gasteiger partial charge in [-0.1, -0.05) is 31.5 Å². The number of unbranched alkanes of at least 4 members (excludes halogenated alkanes) is 1. The Balaban J connectivity index is 1.12. The van der Waals surface area contributed by atoms with Gasteiger partial charge >= 0.3 is 11.9 Å². The molecule has 1 aromatic heterocycles. The molecule has 0 fully saturated rings. The number of carboxylic acid groups (broad SMARTS) is 2. The Labute approximate surface area is 383 Å². The number of ketones is 1. The number of methoxy groups -OCH3 is 1. The van der Waals surface area contributed by atoms with Crippen molar-refractivity contribution >= 4 is 63.9 Å². The molecule has 0 aliphatic carbocycles. The maximum atomic E-state index is 14.3. The molecule has 0 saturated heterocycles. The highest BCUT2D eigenvalue weighted by molar-refractivity contribution is 6.30. The quantitative estimate of drug-likeness (QED) is 0.0449. The smallest absolute Gasteiger partial charge is 0.339 e. The fraction of sp³-hybridized carbons (Fsp3) is 0.312. The lowest BCUT2D eigenvalue weighted by molar-refractivity contribution is -0.142. The Morgan fingerprint density at radius 3 is 2.17 bits per heavy atom. The third-order valence-corrected chi connectivity index (χ3v) is 11.0. The second kappa shape index (κ2) is 22.7. The number of fused-ring (bicyclic) bond motifs is 1. The minimum absolute atomic E-state index is 0.0216. The van der Waals surface area contributed by atoms with Crippen LogP contribution in [0.15, 0.2) is 78.9 Å². The number of carboxylic acids is 2. The Morgan fingerprint density at radius 1 is 0.803 bits per heavy atom. The molecule has 15 nitrogen and oxygen atoms in total. The average Bonchev–Trinajstić information content (AvgIpc) is 3.54. The first-order chi connectivity index (χ1) is 31.4. The third kappa shape index (κ3) is 12.8. The molecular weight excluding hydrogens is 882 g/mol. The van der Waals surface area contributed by atoms with Gasteiger partial charge in [-0.15, -0.1) is 0 Å². The van der Waals surface area contributed by atoms with E-state index in [-0.39, 0.29) is 66.4 Å². The zero-order valence-corrected chi connectivity index (χ0v) is 37.3. The summed E-state index contributed by atoms with van der Waals surface area (Å²) >= 11 is 6.03. The van der Waals surface area contributed by atoms with Crippen LogP contribution >= 0.6 is 11.6 Å². The molecule has 348 valence electrons. The fourth-order valence-corrected chi connectivity index (χ4v) is 7.42. The van der Waals surface area contributed by atoms with Crippen molar-refractivity contribution in [3.05, 3.63) is 118 Å². The number of nitrogens with one attached hydrogen (secondary N) is 3. The lowest BCUT2D eigenvalue weighted by atomic mass is 9.97. The number of Topliss-reactive ketones (excluding diaryl/α,β-unsaturated/α-hetero) is 1. The Bertz CT molecular complexity index is 2650. The van der Waals surface area contributed by atoms with Gasteiger partial charge in [0.25, 0.3) is 11.8 Å². The zero-order chi connectivity index (χ0) is 48.2. The number of halogens is 3. The van der Waals surface area contributed by atoms with Crippen molar-refractivity contribution in [2.24, 2.45) is 5.92 Å². The summed E-state index contributed by atoms with van der Waals surface area (Å²) in [5.74, 6) is -7.04. The first-order valence-electron chi connectivity index (χ1n) is 20.9.